The van der Waals surface area contributed by atoms with E-state index < -0.39 is 0 Å². The Balaban J connectivity index is 3.28. The Bertz CT molecular complexity index is 341. The van der Waals surface area contributed by atoms with Crippen LogP contribution in [0, 0.1) is 0 Å². The van der Waals surface area contributed by atoms with Gasteiger partial charge in [0.2, 0.25) is 5.75 Å². The topological polar surface area (TPSA) is 80.0 Å². The van der Waals surface area contributed by atoms with Crippen LogP contribution in [0.1, 0.15) is 0 Å². The molecule has 0 amide bonds. The molecule has 0 aliphatic rings. The lowest BCUT2D eigenvalue weighted by Gasteiger charge is -2.11. The average Bonchev–Trinajstić information content (AvgIpc) is 2.28. The molecule has 0 radical (unpaired) electrons. The summed E-state index contributed by atoms with van der Waals surface area (Å²) in [7, 11) is 4.63. The van der Waals surface area contributed by atoms with Crippen molar-refractivity contribution in [1.29, 1.82) is 0 Å². The van der Waals surface area contributed by atoms with Crippen molar-refractivity contribution in [2.75, 3.05) is 21.3 Å². The van der Waals surface area contributed by atoms with Crippen LogP contribution < -0.4 is 25.2 Å². The molecule has 0 fully saturated rings. The number of nitrogens with one attached hydrogen (secondary N) is 1. The number of hydrogen-bond acceptors (Lipinski definition) is 4. The van der Waals surface area contributed by atoms with Crippen molar-refractivity contribution in [3.8, 4) is 17.2 Å². The summed E-state index contributed by atoms with van der Waals surface area (Å²) in [5.74, 6) is 6.63. The zero-order valence-corrected chi connectivity index (χ0v) is 8.90. The van der Waals surface area contributed by atoms with Crippen LogP contribution in [-0.2, 0) is 0 Å². The fourth-order valence-corrected chi connectivity index (χ4v) is 1.22. The smallest absolute Gasteiger partial charge is 0.203 e. The molecule has 0 saturated carbocycles. The lowest BCUT2D eigenvalue weighted by atomic mass is 10.2. The second kappa shape index (κ2) is 5.04. The van der Waals surface area contributed by atoms with Crippen LogP contribution in [0.25, 0.3) is 0 Å². The molecule has 0 unspecified atom stereocenters. The van der Waals surface area contributed by atoms with Crippen molar-refractivity contribution in [3.05, 3.63) is 12.1 Å². The first-order chi connectivity index (χ1) is 7.26. The molecule has 0 spiro atoms. The van der Waals surface area contributed by atoms with Crippen molar-refractivity contribution in [1.82, 2.24) is 0 Å². The number of hydrogen-bond donors (Lipinski definition) is 2. The highest BCUT2D eigenvalue weighted by molar-refractivity contribution is 5.57. The zero-order chi connectivity index (χ0) is 11.3. The maximum atomic E-state index is 5.15. The van der Waals surface area contributed by atoms with Gasteiger partial charge in [-0.3, -0.25) is 0 Å². The van der Waals surface area contributed by atoms with Gasteiger partial charge in [0.25, 0.3) is 0 Å². The lowest BCUT2D eigenvalue weighted by Crippen LogP contribution is -2.58. The summed E-state index contributed by atoms with van der Waals surface area (Å²) >= 11 is 0. The average molecular weight is 212 g/mol. The number of nitrogens with zero attached hydrogens (tertiary/aromatic N) is 1. The highest BCUT2D eigenvalue weighted by Crippen LogP contribution is 2.38. The second-order valence-corrected chi connectivity index (χ2v) is 2.65. The highest BCUT2D eigenvalue weighted by atomic mass is 16.5. The fourth-order valence-electron chi connectivity index (χ4n) is 1.22. The minimum Gasteiger partial charge on any atom is -0.493 e. The summed E-state index contributed by atoms with van der Waals surface area (Å²) in [4.78, 5) is 0. The molecule has 82 valence electrons. The van der Waals surface area contributed by atoms with Gasteiger partial charge in [-0.1, -0.05) is 0 Å². The van der Waals surface area contributed by atoms with Gasteiger partial charge in [0.15, 0.2) is 17.2 Å². The molecule has 3 N–H and O–H groups in total. The van der Waals surface area contributed by atoms with Crippen molar-refractivity contribution >= 4 is 5.69 Å². The molecule has 1 aromatic rings. The maximum absolute atomic E-state index is 5.15. The first-order valence-corrected chi connectivity index (χ1v) is 4.22. The lowest BCUT2D eigenvalue weighted by molar-refractivity contribution is -0.441. The van der Waals surface area contributed by atoms with Gasteiger partial charge in [0, 0.05) is 12.1 Å². The van der Waals surface area contributed by atoms with Crippen LogP contribution >= 0.6 is 0 Å². The summed E-state index contributed by atoms with van der Waals surface area (Å²) < 4.78 is 15.4. The standard InChI is InChI=1S/C9H13N3O3/c1-13-7-4-6(11-12-10)5-8(14-2)9(7)15-3/h4-5H,1-3H3,(H2,10,11)/p+1. The summed E-state index contributed by atoms with van der Waals surface area (Å²) in [5.41, 5.74) is 0.659. The summed E-state index contributed by atoms with van der Waals surface area (Å²) in [6.45, 7) is 0. The highest BCUT2D eigenvalue weighted by Gasteiger charge is 2.13. The Hall–Kier alpha value is -1.98. The first kappa shape index (κ1) is 11.1. The molecule has 1 rings (SSSR count). The van der Waals surface area contributed by atoms with Crippen LogP contribution in [0.2, 0.25) is 0 Å². The minimum atomic E-state index is 0.530. The third-order valence-electron chi connectivity index (χ3n) is 1.86. The van der Waals surface area contributed by atoms with Gasteiger partial charge >= 0.3 is 0 Å². The molecule has 6 heteroatoms. The van der Waals surface area contributed by atoms with E-state index in [0.717, 1.165) is 0 Å². The predicted octanol–water partition coefficient (Wildman–Crippen LogP) is -0.250. The van der Waals surface area contributed by atoms with Gasteiger partial charge in [-0.25, -0.2) is 0 Å². The van der Waals surface area contributed by atoms with Crippen LogP contribution in [0.4, 0.5) is 5.69 Å². The SMILES string of the molecule is COc1cc([NH+]=NN)cc(OC)c1OC. The second-order valence-electron chi connectivity index (χ2n) is 2.65. The summed E-state index contributed by atoms with van der Waals surface area (Å²) in [6.07, 6.45) is 0. The molecule has 6 nitrogen and oxygen atoms in total. The molecule has 15 heavy (non-hydrogen) atoms. The van der Waals surface area contributed by atoms with E-state index in [4.69, 9.17) is 20.1 Å². The van der Waals surface area contributed by atoms with Crippen LogP contribution in [-0.4, -0.2) is 21.3 Å². The van der Waals surface area contributed by atoms with Crippen molar-refractivity contribution in [2.45, 2.75) is 0 Å². The monoisotopic (exact) mass is 212 g/mol. The van der Waals surface area contributed by atoms with E-state index in [1.807, 2.05) is 0 Å². The predicted molar refractivity (Wildman–Crippen MR) is 53.3 cm³/mol. The normalized spacial score (nSPS) is 10.3. The van der Waals surface area contributed by atoms with Crippen molar-refractivity contribution < 1.29 is 19.3 Å². The number of methoxy groups -OCH3 is 3. The third-order valence-corrected chi connectivity index (χ3v) is 1.86. The molecular weight excluding hydrogens is 198 g/mol. The zero-order valence-electron chi connectivity index (χ0n) is 8.90. The Morgan fingerprint density at radius 1 is 1.07 bits per heavy atom. The fraction of sp³-hybridized carbons (Fsp3) is 0.333. The van der Waals surface area contributed by atoms with Crippen LogP contribution in [0.15, 0.2) is 17.4 Å². The van der Waals surface area contributed by atoms with Gasteiger partial charge in [-0.2, -0.15) is 5.84 Å². The number of nitrogens with two attached hydrogens (primary N) is 1. The summed E-state index contributed by atoms with van der Waals surface area (Å²) in [5, 5.41) is 5.91. The third kappa shape index (κ3) is 2.28. The number of ether oxygens (including phenoxy) is 3. The molecular formula is C9H14N3O3+. The van der Waals surface area contributed by atoms with E-state index in [9.17, 15) is 0 Å². The molecule has 0 saturated heterocycles. The Morgan fingerprint density at radius 2 is 1.60 bits per heavy atom. The number of benzene rings is 1. The molecule has 0 atom stereocenters. The van der Waals surface area contributed by atoms with Gasteiger partial charge in [-0.05, 0) is 0 Å². The quantitative estimate of drug-likeness (QED) is 0.410. The van der Waals surface area contributed by atoms with Gasteiger partial charge in [0.05, 0.1) is 26.6 Å². The Kier molecular flexibility index (Phi) is 3.73. The maximum Gasteiger partial charge on any atom is 0.203 e. The van der Waals surface area contributed by atoms with E-state index in [-0.39, 0.29) is 0 Å². The van der Waals surface area contributed by atoms with Crippen LogP contribution in [0.5, 0.6) is 17.2 Å². The molecule has 0 aliphatic carbocycles. The first-order valence-electron chi connectivity index (χ1n) is 4.22. The minimum absolute atomic E-state index is 0.530. The molecule has 0 bridgehead atoms. The van der Waals surface area contributed by atoms with Gasteiger partial charge < -0.3 is 14.2 Å². The molecule has 0 heterocycles. The molecule has 0 aromatic heterocycles. The van der Waals surface area contributed by atoms with Crippen molar-refractivity contribution in [2.24, 2.45) is 11.1 Å². The van der Waals surface area contributed by atoms with E-state index >= 15 is 0 Å². The number of rotatable bonds is 4. The van der Waals surface area contributed by atoms with E-state index in [2.05, 4.69) is 10.3 Å². The van der Waals surface area contributed by atoms with E-state index in [1.165, 1.54) is 0 Å². The van der Waals surface area contributed by atoms with E-state index in [0.29, 0.717) is 22.9 Å². The van der Waals surface area contributed by atoms with Crippen LogP contribution in [0.3, 0.4) is 0 Å². The Morgan fingerprint density at radius 3 is 1.93 bits per heavy atom. The van der Waals surface area contributed by atoms with Crippen molar-refractivity contribution in [3.63, 3.8) is 0 Å². The molecule has 1 aromatic carbocycles. The van der Waals surface area contributed by atoms with E-state index in [1.54, 1.807) is 33.5 Å². The van der Waals surface area contributed by atoms with Gasteiger partial charge in [-0.15, -0.1) is 5.11 Å². The Labute approximate surface area is 87.6 Å². The molecule has 0 aliphatic heterocycles. The van der Waals surface area contributed by atoms with Gasteiger partial charge in [0.1, 0.15) is 0 Å². The summed E-state index contributed by atoms with van der Waals surface area (Å²) in [6, 6.07) is 3.41. The largest absolute Gasteiger partial charge is 0.493 e.